The van der Waals surface area contributed by atoms with Gasteiger partial charge in [-0.05, 0) is 31.2 Å². The molecule has 1 heterocycles. The van der Waals surface area contributed by atoms with Crippen molar-refractivity contribution in [2.24, 2.45) is 0 Å². The highest BCUT2D eigenvalue weighted by Crippen LogP contribution is 2.32. The van der Waals surface area contributed by atoms with Crippen molar-refractivity contribution in [1.29, 1.82) is 0 Å². The van der Waals surface area contributed by atoms with Crippen molar-refractivity contribution in [1.82, 2.24) is 4.98 Å². The van der Waals surface area contributed by atoms with E-state index in [0.717, 1.165) is 5.01 Å². The minimum Gasteiger partial charge on any atom is -0.279 e. The van der Waals surface area contributed by atoms with Gasteiger partial charge in [-0.1, -0.05) is 41.4 Å². The largest absolute Gasteiger partial charge is 0.279 e. The van der Waals surface area contributed by atoms with Crippen LogP contribution < -0.4 is 4.72 Å². The van der Waals surface area contributed by atoms with Gasteiger partial charge in [0.1, 0.15) is 4.90 Å². The number of para-hydroxylation sites is 1. The molecule has 0 aliphatic carbocycles. The molecule has 0 amide bonds. The number of rotatable bonds is 4. The summed E-state index contributed by atoms with van der Waals surface area (Å²) in [5.41, 5.74) is 1.84. The number of halogens is 2. The second-order valence-electron chi connectivity index (χ2n) is 4.98. The van der Waals surface area contributed by atoms with Crippen molar-refractivity contribution >= 4 is 50.2 Å². The summed E-state index contributed by atoms with van der Waals surface area (Å²) in [5, 5.41) is 3.19. The number of aryl methyl sites for hydroxylation is 1. The third kappa shape index (κ3) is 3.57. The summed E-state index contributed by atoms with van der Waals surface area (Å²) in [7, 11) is -3.88. The molecule has 0 radical (unpaired) electrons. The molecule has 1 N–H and O–H groups in total. The summed E-state index contributed by atoms with van der Waals surface area (Å²) >= 11 is 13.4. The normalized spacial score (nSPS) is 11.5. The maximum Gasteiger partial charge on any atom is 0.263 e. The van der Waals surface area contributed by atoms with E-state index in [4.69, 9.17) is 23.2 Å². The molecule has 0 spiro atoms. The highest BCUT2D eigenvalue weighted by molar-refractivity contribution is 7.92. The van der Waals surface area contributed by atoms with Crippen molar-refractivity contribution in [2.45, 2.75) is 11.8 Å². The van der Waals surface area contributed by atoms with Crippen LogP contribution in [0.25, 0.3) is 11.3 Å². The lowest BCUT2D eigenvalue weighted by atomic mass is 10.1. The molecule has 1 aromatic heterocycles. The van der Waals surface area contributed by atoms with E-state index in [1.165, 1.54) is 29.5 Å². The van der Waals surface area contributed by atoms with Crippen LogP contribution in [0.3, 0.4) is 0 Å². The van der Waals surface area contributed by atoms with Gasteiger partial charge < -0.3 is 0 Å². The van der Waals surface area contributed by atoms with E-state index in [0.29, 0.717) is 22.0 Å². The number of hydrogen-bond donors (Lipinski definition) is 1. The van der Waals surface area contributed by atoms with Crippen LogP contribution >= 0.6 is 34.5 Å². The van der Waals surface area contributed by atoms with Gasteiger partial charge in [-0.3, -0.25) is 4.72 Å². The zero-order valence-electron chi connectivity index (χ0n) is 12.5. The lowest BCUT2D eigenvalue weighted by Gasteiger charge is -2.12. The Morgan fingerprint density at radius 1 is 1.12 bits per heavy atom. The molecule has 124 valence electrons. The van der Waals surface area contributed by atoms with Crippen molar-refractivity contribution in [3.8, 4) is 11.3 Å². The first kappa shape index (κ1) is 17.2. The van der Waals surface area contributed by atoms with Crippen LogP contribution in [0.5, 0.6) is 0 Å². The molecule has 4 nitrogen and oxygen atoms in total. The molecule has 0 aliphatic rings. The number of hydrogen-bond acceptors (Lipinski definition) is 4. The summed E-state index contributed by atoms with van der Waals surface area (Å²) in [6, 6.07) is 11.4. The predicted molar refractivity (Wildman–Crippen MR) is 99.6 cm³/mol. The van der Waals surface area contributed by atoms with Crippen LogP contribution in [0, 0.1) is 6.92 Å². The fraction of sp³-hybridized carbons (Fsp3) is 0.0625. The predicted octanol–water partition coefficient (Wildman–Crippen LogP) is 5.23. The van der Waals surface area contributed by atoms with Crippen LogP contribution in [0.1, 0.15) is 5.01 Å². The van der Waals surface area contributed by atoms with E-state index in [9.17, 15) is 8.42 Å². The maximum absolute atomic E-state index is 12.7. The zero-order valence-corrected chi connectivity index (χ0v) is 15.6. The van der Waals surface area contributed by atoms with E-state index in [2.05, 4.69) is 9.71 Å². The topological polar surface area (TPSA) is 59.1 Å². The third-order valence-corrected chi connectivity index (χ3v) is 6.10. The standard InChI is InChI=1S/C16H12Cl2N2O2S2/c1-10-19-15(9-23-10)12-4-2-3-5-14(12)20-24(21,22)16-8-11(17)6-7-13(16)18/h2-9,20H,1H3. The Kier molecular flexibility index (Phi) is 4.83. The number of benzene rings is 2. The second kappa shape index (κ2) is 6.72. The Bertz CT molecular complexity index is 1000. The molecule has 0 saturated heterocycles. The van der Waals surface area contributed by atoms with Gasteiger partial charge in [0.25, 0.3) is 10.0 Å². The molecule has 0 unspecified atom stereocenters. The first-order valence-corrected chi connectivity index (χ1v) is 9.98. The molecule has 24 heavy (non-hydrogen) atoms. The lowest BCUT2D eigenvalue weighted by Crippen LogP contribution is -2.14. The average Bonchev–Trinajstić information content (AvgIpc) is 2.96. The van der Waals surface area contributed by atoms with Gasteiger partial charge in [-0.2, -0.15) is 0 Å². The SMILES string of the molecule is Cc1nc(-c2ccccc2NS(=O)(=O)c2cc(Cl)ccc2Cl)cs1. The van der Waals surface area contributed by atoms with E-state index in [1.807, 2.05) is 24.4 Å². The van der Waals surface area contributed by atoms with Crippen molar-refractivity contribution < 1.29 is 8.42 Å². The fourth-order valence-electron chi connectivity index (χ4n) is 2.17. The fourth-order valence-corrected chi connectivity index (χ4v) is 4.62. The molecule has 0 bridgehead atoms. The van der Waals surface area contributed by atoms with Crippen molar-refractivity contribution in [3.05, 3.63) is 62.9 Å². The maximum atomic E-state index is 12.7. The Labute approximate surface area is 154 Å². The lowest BCUT2D eigenvalue weighted by molar-refractivity contribution is 0.601. The molecule has 0 atom stereocenters. The monoisotopic (exact) mass is 398 g/mol. The van der Waals surface area contributed by atoms with Crippen LogP contribution in [0.2, 0.25) is 10.0 Å². The van der Waals surface area contributed by atoms with Gasteiger partial charge in [0.05, 0.1) is 21.4 Å². The van der Waals surface area contributed by atoms with Gasteiger partial charge in [0, 0.05) is 16.0 Å². The van der Waals surface area contributed by atoms with E-state index >= 15 is 0 Å². The summed E-state index contributed by atoms with van der Waals surface area (Å²) < 4.78 is 28.0. The molecule has 0 saturated carbocycles. The van der Waals surface area contributed by atoms with Gasteiger partial charge in [-0.15, -0.1) is 11.3 Å². The summed E-state index contributed by atoms with van der Waals surface area (Å²) in [6.45, 7) is 1.90. The number of thiazole rings is 1. The van der Waals surface area contributed by atoms with Gasteiger partial charge in [-0.25, -0.2) is 13.4 Å². The minimum atomic E-state index is -3.88. The molecular weight excluding hydrogens is 387 g/mol. The molecule has 3 rings (SSSR count). The first-order valence-electron chi connectivity index (χ1n) is 6.86. The average molecular weight is 399 g/mol. The molecule has 8 heteroatoms. The van der Waals surface area contributed by atoms with Gasteiger partial charge >= 0.3 is 0 Å². The number of sulfonamides is 1. The van der Waals surface area contributed by atoms with E-state index in [1.54, 1.807) is 12.1 Å². The first-order chi connectivity index (χ1) is 11.4. The van der Waals surface area contributed by atoms with E-state index in [-0.39, 0.29) is 9.92 Å². The van der Waals surface area contributed by atoms with Crippen LogP contribution in [0.15, 0.2) is 52.7 Å². The summed E-state index contributed by atoms with van der Waals surface area (Å²) in [5.74, 6) is 0. The van der Waals surface area contributed by atoms with Crippen LogP contribution in [-0.4, -0.2) is 13.4 Å². The number of nitrogens with zero attached hydrogens (tertiary/aromatic N) is 1. The van der Waals surface area contributed by atoms with Crippen molar-refractivity contribution in [3.63, 3.8) is 0 Å². The molecule has 2 aromatic carbocycles. The summed E-state index contributed by atoms with van der Waals surface area (Å²) in [4.78, 5) is 4.34. The highest BCUT2D eigenvalue weighted by atomic mass is 35.5. The smallest absolute Gasteiger partial charge is 0.263 e. The van der Waals surface area contributed by atoms with E-state index < -0.39 is 10.0 Å². The van der Waals surface area contributed by atoms with Gasteiger partial charge in [0.15, 0.2) is 0 Å². The van der Waals surface area contributed by atoms with Crippen LogP contribution in [0.4, 0.5) is 5.69 Å². The quantitative estimate of drug-likeness (QED) is 0.654. The Balaban J connectivity index is 2.04. The second-order valence-corrected chi connectivity index (χ2v) is 8.53. The third-order valence-electron chi connectivity index (χ3n) is 3.25. The number of nitrogens with one attached hydrogen (secondary N) is 1. The number of anilines is 1. The zero-order chi connectivity index (χ0) is 17.3. The Morgan fingerprint density at radius 3 is 2.58 bits per heavy atom. The number of aromatic nitrogens is 1. The van der Waals surface area contributed by atoms with Gasteiger partial charge in [0.2, 0.25) is 0 Å². The highest BCUT2D eigenvalue weighted by Gasteiger charge is 2.20. The Morgan fingerprint density at radius 2 is 1.88 bits per heavy atom. The summed E-state index contributed by atoms with van der Waals surface area (Å²) in [6.07, 6.45) is 0. The Hall–Kier alpha value is -1.60. The molecule has 3 aromatic rings. The molecule has 0 fully saturated rings. The molecular formula is C16H12Cl2N2O2S2. The van der Waals surface area contributed by atoms with Crippen LogP contribution in [-0.2, 0) is 10.0 Å². The van der Waals surface area contributed by atoms with Crippen molar-refractivity contribution in [2.75, 3.05) is 4.72 Å². The minimum absolute atomic E-state index is 0.0686. The molecule has 0 aliphatic heterocycles.